The van der Waals surface area contributed by atoms with Crippen LogP contribution in [0.15, 0.2) is 90.0 Å². The van der Waals surface area contributed by atoms with Gasteiger partial charge >= 0.3 is 0 Å². The highest BCUT2D eigenvalue weighted by atomic mass is 32.2. The number of piperazine rings is 1. The third-order valence-corrected chi connectivity index (χ3v) is 10.0. The number of benzene rings is 3. The van der Waals surface area contributed by atoms with E-state index in [9.17, 15) is 28.6 Å². The molecule has 0 radical (unpaired) electrons. The normalized spacial score (nSPS) is 14.5. The van der Waals surface area contributed by atoms with Crippen LogP contribution in [0, 0.1) is 34.1 Å². The number of aryl methyl sites for hydroxylation is 2. The molecular weight excluding hydrogens is 596 g/mol. The van der Waals surface area contributed by atoms with Crippen molar-refractivity contribution < 1.29 is 18.3 Å². The second-order valence-corrected chi connectivity index (χ2v) is 13.1. The summed E-state index contributed by atoms with van der Waals surface area (Å²) in [7, 11) is -3.93. The lowest BCUT2D eigenvalue weighted by molar-refractivity contribution is -0.385. The zero-order valence-corrected chi connectivity index (χ0v) is 25.5. The molecule has 1 saturated heterocycles. The van der Waals surface area contributed by atoms with Gasteiger partial charge in [0.05, 0.1) is 26.1 Å². The van der Waals surface area contributed by atoms with Gasteiger partial charge in [-0.05, 0) is 48.7 Å². The smallest absolute Gasteiger partial charge is 0.270 e. The number of pyridine rings is 1. The molecular formula is C32H30N6O6S. The number of hydrogen-bond donors (Lipinski definition) is 0. The van der Waals surface area contributed by atoms with E-state index in [-0.39, 0.29) is 29.4 Å². The van der Waals surface area contributed by atoms with E-state index in [2.05, 4.69) is 30.0 Å². The molecule has 1 aliphatic heterocycles. The maximum Gasteiger partial charge on any atom is 0.270 e. The van der Waals surface area contributed by atoms with Gasteiger partial charge in [0.2, 0.25) is 10.0 Å². The summed E-state index contributed by atoms with van der Waals surface area (Å²) in [5.74, 6) is 0. The lowest BCUT2D eigenvalue weighted by Crippen LogP contribution is -2.48. The van der Waals surface area contributed by atoms with Crippen molar-refractivity contribution in [3.63, 3.8) is 0 Å². The first-order valence-electron chi connectivity index (χ1n) is 14.3. The minimum atomic E-state index is -3.93. The van der Waals surface area contributed by atoms with Crippen molar-refractivity contribution >= 4 is 27.0 Å². The summed E-state index contributed by atoms with van der Waals surface area (Å²) in [5, 5.41) is 22.8. The van der Waals surface area contributed by atoms with E-state index in [1.54, 1.807) is 12.1 Å². The average molecular weight is 627 g/mol. The first-order valence-corrected chi connectivity index (χ1v) is 15.8. The SMILES string of the molecule is Cc1ccc(C)c(-c2ccc3nc(-c4cccc([N+](=O)[O-])c4)c(CN4CCN(S(=O)(=O)c5cccc([N+](=O)[O-])c5)CC4)n3c2)c1. The van der Waals surface area contributed by atoms with E-state index in [1.807, 2.05) is 29.7 Å². The predicted octanol–water partition coefficient (Wildman–Crippen LogP) is 5.61. The van der Waals surface area contributed by atoms with E-state index >= 15 is 0 Å². The number of nitro groups is 2. The summed E-state index contributed by atoms with van der Waals surface area (Å²) in [6, 6.07) is 21.7. The van der Waals surface area contributed by atoms with Crippen molar-refractivity contribution in [3.05, 3.63) is 122 Å². The number of non-ortho nitro benzene ring substituents is 2. The highest BCUT2D eigenvalue weighted by molar-refractivity contribution is 7.89. The van der Waals surface area contributed by atoms with E-state index in [1.165, 1.54) is 34.6 Å². The summed E-state index contributed by atoms with van der Waals surface area (Å²) < 4.78 is 30.0. The van der Waals surface area contributed by atoms with Crippen molar-refractivity contribution in [1.82, 2.24) is 18.6 Å². The van der Waals surface area contributed by atoms with Gasteiger partial charge in [0, 0.05) is 68.7 Å². The van der Waals surface area contributed by atoms with Gasteiger partial charge in [-0.3, -0.25) is 25.1 Å². The Kier molecular flexibility index (Phi) is 7.91. The minimum absolute atomic E-state index is 0.0356. The van der Waals surface area contributed by atoms with E-state index < -0.39 is 19.9 Å². The Hall–Kier alpha value is -4.98. The molecule has 3 heterocycles. The number of sulfonamides is 1. The van der Waals surface area contributed by atoms with Crippen molar-refractivity contribution in [1.29, 1.82) is 0 Å². The number of imidazole rings is 1. The van der Waals surface area contributed by atoms with Gasteiger partial charge in [-0.25, -0.2) is 13.4 Å². The topological polar surface area (TPSA) is 144 Å². The van der Waals surface area contributed by atoms with Gasteiger partial charge in [-0.15, -0.1) is 0 Å². The number of fused-ring (bicyclic) bond motifs is 1. The fraction of sp³-hybridized carbons (Fsp3) is 0.219. The average Bonchev–Trinajstić information content (AvgIpc) is 3.40. The number of aromatic nitrogens is 2. The molecule has 5 aromatic rings. The summed E-state index contributed by atoms with van der Waals surface area (Å²) in [5.41, 5.74) is 6.78. The molecule has 0 saturated carbocycles. The van der Waals surface area contributed by atoms with Crippen LogP contribution < -0.4 is 0 Å². The molecule has 2 aromatic heterocycles. The highest BCUT2D eigenvalue weighted by Gasteiger charge is 2.30. The molecule has 230 valence electrons. The van der Waals surface area contributed by atoms with Crippen LogP contribution in [-0.2, 0) is 16.6 Å². The van der Waals surface area contributed by atoms with Gasteiger partial charge < -0.3 is 4.40 Å². The molecule has 0 N–H and O–H groups in total. The summed E-state index contributed by atoms with van der Waals surface area (Å²) in [6.07, 6.45) is 2.03. The van der Waals surface area contributed by atoms with E-state index in [0.29, 0.717) is 36.5 Å². The monoisotopic (exact) mass is 626 g/mol. The van der Waals surface area contributed by atoms with Gasteiger partial charge in [-0.2, -0.15) is 4.31 Å². The molecule has 1 aliphatic rings. The molecule has 0 aliphatic carbocycles. The van der Waals surface area contributed by atoms with Crippen LogP contribution in [0.25, 0.3) is 28.0 Å². The molecule has 0 atom stereocenters. The number of nitro benzene ring substituents is 2. The molecule has 0 amide bonds. The number of hydrogen-bond acceptors (Lipinski definition) is 8. The molecule has 45 heavy (non-hydrogen) atoms. The Bertz CT molecular complexity index is 2070. The maximum absolute atomic E-state index is 13.3. The van der Waals surface area contributed by atoms with Crippen molar-refractivity contribution in [2.45, 2.75) is 25.3 Å². The van der Waals surface area contributed by atoms with Crippen molar-refractivity contribution in [2.24, 2.45) is 0 Å². The molecule has 0 unspecified atom stereocenters. The van der Waals surface area contributed by atoms with Crippen molar-refractivity contribution in [3.8, 4) is 22.4 Å². The second kappa shape index (κ2) is 11.8. The van der Waals surface area contributed by atoms with Crippen LogP contribution in [0.2, 0.25) is 0 Å². The Morgan fingerprint density at radius 3 is 2.20 bits per heavy atom. The third-order valence-electron chi connectivity index (χ3n) is 8.12. The predicted molar refractivity (Wildman–Crippen MR) is 169 cm³/mol. The lowest BCUT2D eigenvalue weighted by Gasteiger charge is -2.34. The number of nitrogens with zero attached hydrogens (tertiary/aromatic N) is 6. The van der Waals surface area contributed by atoms with Crippen LogP contribution in [0.4, 0.5) is 11.4 Å². The van der Waals surface area contributed by atoms with Crippen molar-refractivity contribution in [2.75, 3.05) is 26.2 Å². The molecule has 0 spiro atoms. The largest absolute Gasteiger partial charge is 0.301 e. The van der Waals surface area contributed by atoms with Gasteiger partial charge in [0.15, 0.2) is 0 Å². The summed E-state index contributed by atoms with van der Waals surface area (Å²) >= 11 is 0. The number of rotatable bonds is 8. The molecule has 13 heteroatoms. The zero-order valence-electron chi connectivity index (χ0n) is 24.7. The quantitative estimate of drug-likeness (QED) is 0.160. The van der Waals surface area contributed by atoms with Crippen LogP contribution >= 0.6 is 0 Å². The lowest BCUT2D eigenvalue weighted by atomic mass is 10.00. The first kappa shape index (κ1) is 30.1. The fourth-order valence-electron chi connectivity index (χ4n) is 5.69. The van der Waals surface area contributed by atoms with Crippen LogP contribution in [0.5, 0.6) is 0 Å². The summed E-state index contributed by atoms with van der Waals surface area (Å²) in [4.78, 5) is 28.6. The molecule has 1 fully saturated rings. The third kappa shape index (κ3) is 5.92. The molecule has 12 nitrogen and oxygen atoms in total. The van der Waals surface area contributed by atoms with Gasteiger partial charge in [-0.1, -0.05) is 42.0 Å². The maximum atomic E-state index is 13.3. The van der Waals surface area contributed by atoms with Gasteiger partial charge in [0.1, 0.15) is 5.65 Å². The van der Waals surface area contributed by atoms with Crippen LogP contribution in [-0.4, -0.2) is 63.0 Å². The van der Waals surface area contributed by atoms with Crippen LogP contribution in [0.1, 0.15) is 16.8 Å². The first-order chi connectivity index (χ1) is 21.5. The zero-order chi connectivity index (χ0) is 31.9. The highest BCUT2D eigenvalue weighted by Crippen LogP contribution is 2.32. The fourth-order valence-corrected chi connectivity index (χ4v) is 7.16. The summed E-state index contributed by atoms with van der Waals surface area (Å²) in [6.45, 7) is 5.73. The second-order valence-electron chi connectivity index (χ2n) is 11.1. The standard InChI is InChI=1S/C32H30N6O6S/c1-22-9-10-23(2)29(17-22)25-11-12-31-33-32(24-5-3-6-26(18-24)37(39)40)30(36(31)20-25)21-34-13-15-35(16-14-34)45(43,44)28-8-4-7-27(19-28)38(41)42/h3-12,17-20H,13-16,21H2,1-2H3. The molecule has 6 rings (SSSR count). The minimum Gasteiger partial charge on any atom is -0.301 e. The Labute approximate surface area is 259 Å². The van der Waals surface area contributed by atoms with E-state index in [4.69, 9.17) is 4.98 Å². The Morgan fingerprint density at radius 1 is 0.800 bits per heavy atom. The van der Waals surface area contributed by atoms with Gasteiger partial charge in [0.25, 0.3) is 11.4 Å². The molecule has 3 aromatic carbocycles. The Morgan fingerprint density at radius 2 is 1.49 bits per heavy atom. The molecule has 0 bridgehead atoms. The Balaban J connectivity index is 1.34. The van der Waals surface area contributed by atoms with Crippen LogP contribution in [0.3, 0.4) is 0 Å². The van der Waals surface area contributed by atoms with E-state index in [0.717, 1.165) is 34.0 Å².